The minimum atomic E-state index is 0. The molecule has 1 saturated carbocycles. The van der Waals surface area contributed by atoms with Crippen molar-refractivity contribution >= 4 is 46.9 Å². The van der Waals surface area contributed by atoms with Gasteiger partial charge in [0.15, 0.2) is 5.13 Å². The number of hydrogen-bond donors (Lipinski definition) is 2. The third-order valence-electron chi connectivity index (χ3n) is 4.30. The van der Waals surface area contributed by atoms with Crippen LogP contribution >= 0.6 is 23.7 Å². The fourth-order valence-corrected chi connectivity index (χ4v) is 3.71. The summed E-state index contributed by atoms with van der Waals surface area (Å²) >= 11 is 1.46. The van der Waals surface area contributed by atoms with E-state index in [0.717, 1.165) is 30.5 Å². The molecular formula is C18H22ClN3OS. The van der Waals surface area contributed by atoms with Crippen molar-refractivity contribution in [2.24, 2.45) is 17.6 Å². The van der Waals surface area contributed by atoms with Crippen molar-refractivity contribution in [3.05, 3.63) is 47.0 Å². The summed E-state index contributed by atoms with van der Waals surface area (Å²) in [5.41, 5.74) is 7.74. The first-order valence-corrected chi connectivity index (χ1v) is 8.84. The van der Waals surface area contributed by atoms with Gasteiger partial charge in [-0.2, -0.15) is 0 Å². The van der Waals surface area contributed by atoms with Gasteiger partial charge in [-0.1, -0.05) is 42.8 Å². The van der Waals surface area contributed by atoms with Crippen molar-refractivity contribution in [2.45, 2.75) is 19.3 Å². The Hall–Kier alpha value is -1.69. The Labute approximate surface area is 152 Å². The van der Waals surface area contributed by atoms with Crippen molar-refractivity contribution in [1.29, 1.82) is 0 Å². The number of nitrogens with one attached hydrogen (secondary N) is 1. The molecule has 3 rings (SSSR count). The number of nitrogens with zero attached hydrogens (tertiary/aromatic N) is 1. The van der Waals surface area contributed by atoms with Gasteiger partial charge in [-0.05, 0) is 36.9 Å². The van der Waals surface area contributed by atoms with Gasteiger partial charge in [0.25, 0.3) is 0 Å². The lowest BCUT2D eigenvalue weighted by molar-refractivity contribution is -0.120. The van der Waals surface area contributed by atoms with Gasteiger partial charge in [0.1, 0.15) is 0 Å². The first kappa shape index (κ1) is 18.6. The van der Waals surface area contributed by atoms with Gasteiger partial charge < -0.3 is 11.1 Å². The van der Waals surface area contributed by atoms with E-state index >= 15 is 0 Å². The Morgan fingerprint density at radius 2 is 2.08 bits per heavy atom. The molecule has 24 heavy (non-hydrogen) atoms. The monoisotopic (exact) mass is 363 g/mol. The maximum Gasteiger partial charge on any atom is 0.229 e. The standard InChI is InChI=1S/C18H21N3OS.ClH/c19-11-14-7-4-8-16(14)17(22)21-18-20-15(12-23-18)10-9-13-5-2-1-3-6-13;/h1-3,5-6,9-10,12,14,16H,4,7-8,11,19H2,(H,20,21,22);1H/b10-9+;/t14-,16-;/m1./s1. The van der Waals surface area contributed by atoms with E-state index in [1.807, 2.05) is 47.9 Å². The zero-order valence-corrected chi connectivity index (χ0v) is 15.0. The summed E-state index contributed by atoms with van der Waals surface area (Å²) in [5.74, 6) is 0.408. The van der Waals surface area contributed by atoms with Crippen LogP contribution in [0.25, 0.3) is 12.2 Å². The maximum absolute atomic E-state index is 12.4. The predicted octanol–water partition coefficient (Wildman–Crippen LogP) is 4.05. The number of nitrogens with two attached hydrogens (primary N) is 1. The highest BCUT2D eigenvalue weighted by Crippen LogP contribution is 2.32. The topological polar surface area (TPSA) is 68.0 Å². The third kappa shape index (κ3) is 4.66. The molecule has 0 aliphatic heterocycles. The number of amides is 1. The van der Waals surface area contributed by atoms with Crippen molar-refractivity contribution in [2.75, 3.05) is 11.9 Å². The molecule has 2 aromatic rings. The maximum atomic E-state index is 12.4. The zero-order chi connectivity index (χ0) is 16.1. The fourth-order valence-electron chi connectivity index (χ4n) is 3.03. The molecule has 0 bridgehead atoms. The predicted molar refractivity (Wildman–Crippen MR) is 103 cm³/mol. The number of carbonyl (C=O) groups excluding carboxylic acids is 1. The van der Waals surface area contributed by atoms with E-state index in [0.29, 0.717) is 17.6 Å². The van der Waals surface area contributed by atoms with Crippen molar-refractivity contribution in [1.82, 2.24) is 4.98 Å². The second-order valence-corrected chi connectivity index (χ2v) is 6.70. The molecule has 128 valence electrons. The quantitative estimate of drug-likeness (QED) is 0.842. The van der Waals surface area contributed by atoms with Gasteiger partial charge in [-0.3, -0.25) is 4.79 Å². The van der Waals surface area contributed by atoms with E-state index in [1.54, 1.807) is 0 Å². The summed E-state index contributed by atoms with van der Waals surface area (Å²) < 4.78 is 0. The molecule has 0 radical (unpaired) electrons. The summed E-state index contributed by atoms with van der Waals surface area (Å²) in [4.78, 5) is 16.8. The Balaban J connectivity index is 0.00000208. The number of rotatable bonds is 5. The molecule has 1 fully saturated rings. The molecule has 6 heteroatoms. The Morgan fingerprint density at radius 1 is 1.29 bits per heavy atom. The molecule has 2 atom stereocenters. The Bertz CT molecular complexity index is 687. The summed E-state index contributed by atoms with van der Waals surface area (Å²) in [5, 5.41) is 5.55. The molecule has 3 N–H and O–H groups in total. The zero-order valence-electron chi connectivity index (χ0n) is 13.4. The van der Waals surface area contributed by atoms with Crippen LogP contribution in [0.3, 0.4) is 0 Å². The van der Waals surface area contributed by atoms with E-state index in [1.165, 1.54) is 11.3 Å². The van der Waals surface area contributed by atoms with Gasteiger partial charge in [-0.15, -0.1) is 23.7 Å². The molecule has 1 aliphatic carbocycles. The number of anilines is 1. The van der Waals surface area contributed by atoms with Crippen LogP contribution in [0, 0.1) is 11.8 Å². The molecule has 0 saturated heterocycles. The molecule has 0 unspecified atom stereocenters. The van der Waals surface area contributed by atoms with Crippen LogP contribution in [0.1, 0.15) is 30.5 Å². The van der Waals surface area contributed by atoms with Crippen molar-refractivity contribution < 1.29 is 4.79 Å². The molecular weight excluding hydrogens is 342 g/mol. The average molecular weight is 364 g/mol. The van der Waals surface area contributed by atoms with Crippen LogP contribution in [0.2, 0.25) is 0 Å². The van der Waals surface area contributed by atoms with E-state index in [9.17, 15) is 4.79 Å². The number of carbonyl (C=O) groups is 1. The van der Waals surface area contributed by atoms with Crippen molar-refractivity contribution in [3.63, 3.8) is 0 Å². The number of hydrogen-bond acceptors (Lipinski definition) is 4. The molecule has 1 aromatic heterocycles. The molecule has 4 nitrogen and oxygen atoms in total. The Morgan fingerprint density at radius 3 is 2.83 bits per heavy atom. The van der Waals surface area contributed by atoms with E-state index < -0.39 is 0 Å². The molecule has 0 spiro atoms. The smallest absolute Gasteiger partial charge is 0.229 e. The average Bonchev–Trinajstić information content (AvgIpc) is 3.22. The highest BCUT2D eigenvalue weighted by atomic mass is 35.5. The minimum Gasteiger partial charge on any atom is -0.330 e. The highest BCUT2D eigenvalue weighted by molar-refractivity contribution is 7.14. The van der Waals surface area contributed by atoms with Crippen molar-refractivity contribution in [3.8, 4) is 0 Å². The summed E-state index contributed by atoms with van der Waals surface area (Å²) in [6, 6.07) is 10.1. The van der Waals surface area contributed by atoms with Gasteiger partial charge in [0, 0.05) is 11.3 Å². The minimum absolute atomic E-state index is 0. The second kappa shape index (κ2) is 8.97. The van der Waals surface area contributed by atoms with E-state index in [-0.39, 0.29) is 24.2 Å². The molecule has 1 aliphatic rings. The lowest BCUT2D eigenvalue weighted by Crippen LogP contribution is -2.29. The highest BCUT2D eigenvalue weighted by Gasteiger charge is 2.32. The lowest BCUT2D eigenvalue weighted by atomic mass is 9.95. The van der Waals surface area contributed by atoms with Crippen LogP contribution < -0.4 is 11.1 Å². The Kier molecular flexibility index (Phi) is 6.97. The normalized spacial score (nSPS) is 20.0. The summed E-state index contributed by atoms with van der Waals surface area (Å²) in [6.45, 7) is 0.584. The number of benzene rings is 1. The van der Waals surface area contributed by atoms with Crippen LogP contribution in [0.5, 0.6) is 0 Å². The second-order valence-electron chi connectivity index (χ2n) is 5.84. The molecule has 1 amide bonds. The molecule has 1 heterocycles. The van der Waals surface area contributed by atoms with E-state index in [2.05, 4.69) is 10.3 Å². The van der Waals surface area contributed by atoms with Gasteiger partial charge in [0.05, 0.1) is 5.69 Å². The molecule has 1 aromatic carbocycles. The van der Waals surface area contributed by atoms with Crippen LogP contribution in [-0.2, 0) is 4.79 Å². The van der Waals surface area contributed by atoms with Gasteiger partial charge in [0.2, 0.25) is 5.91 Å². The van der Waals surface area contributed by atoms with Crippen LogP contribution in [-0.4, -0.2) is 17.4 Å². The first-order chi connectivity index (χ1) is 11.3. The van der Waals surface area contributed by atoms with Gasteiger partial charge in [-0.25, -0.2) is 4.98 Å². The largest absolute Gasteiger partial charge is 0.330 e. The third-order valence-corrected chi connectivity index (χ3v) is 5.07. The lowest BCUT2D eigenvalue weighted by Gasteiger charge is -2.16. The first-order valence-electron chi connectivity index (χ1n) is 7.96. The SMILES string of the molecule is Cl.NC[C@H]1CCC[C@H]1C(=O)Nc1nc(/C=C/c2ccccc2)cs1. The summed E-state index contributed by atoms with van der Waals surface area (Å²) in [6.07, 6.45) is 7.04. The summed E-state index contributed by atoms with van der Waals surface area (Å²) in [7, 11) is 0. The number of thiazole rings is 1. The van der Waals surface area contributed by atoms with Gasteiger partial charge >= 0.3 is 0 Å². The van der Waals surface area contributed by atoms with E-state index in [4.69, 9.17) is 5.73 Å². The number of halogens is 1. The number of aromatic nitrogens is 1. The van der Waals surface area contributed by atoms with Crippen LogP contribution in [0.4, 0.5) is 5.13 Å². The fraction of sp³-hybridized carbons (Fsp3) is 0.333. The van der Waals surface area contributed by atoms with Crippen LogP contribution in [0.15, 0.2) is 35.7 Å².